The lowest BCUT2D eigenvalue weighted by atomic mass is 9.98. The molecule has 2 heterocycles. The highest BCUT2D eigenvalue weighted by molar-refractivity contribution is 5.56. The summed E-state index contributed by atoms with van der Waals surface area (Å²) in [6.45, 7) is 3.61. The summed E-state index contributed by atoms with van der Waals surface area (Å²) in [4.78, 5) is 6.72. The summed E-state index contributed by atoms with van der Waals surface area (Å²) in [6, 6.07) is 8.55. The van der Waals surface area contributed by atoms with Gasteiger partial charge in [0.25, 0.3) is 0 Å². The van der Waals surface area contributed by atoms with Crippen molar-refractivity contribution in [1.82, 2.24) is 10.1 Å². The lowest BCUT2D eigenvalue weighted by Gasteiger charge is -2.33. The molecule has 0 radical (unpaired) electrons. The molecule has 5 nitrogen and oxygen atoms in total. The van der Waals surface area contributed by atoms with E-state index in [1.165, 1.54) is 11.3 Å². The Kier molecular flexibility index (Phi) is 4.20. The minimum atomic E-state index is 0.155. The van der Waals surface area contributed by atoms with Gasteiger partial charge in [0, 0.05) is 24.7 Å². The molecule has 0 fully saturated rings. The van der Waals surface area contributed by atoms with Crippen molar-refractivity contribution in [3.63, 3.8) is 0 Å². The topological polar surface area (TPSA) is 68.2 Å². The maximum Gasteiger partial charge on any atom is 0.246 e. The highest BCUT2D eigenvalue weighted by atomic mass is 16.5. The minimum Gasteiger partial charge on any atom is -0.360 e. The molecule has 1 unspecified atom stereocenters. The summed E-state index contributed by atoms with van der Waals surface area (Å²) in [5.74, 6) is 1.48. The van der Waals surface area contributed by atoms with E-state index >= 15 is 0 Å². The zero-order valence-corrected chi connectivity index (χ0v) is 12.5. The Bertz CT molecular complexity index is 595. The number of hydrogen-bond acceptors (Lipinski definition) is 5. The first kappa shape index (κ1) is 14.1. The molecule has 2 aromatic rings. The first-order chi connectivity index (χ1) is 10.3. The first-order valence-corrected chi connectivity index (χ1v) is 7.66. The molecule has 1 aromatic carbocycles. The van der Waals surface area contributed by atoms with Crippen LogP contribution in [0.15, 0.2) is 28.8 Å². The second-order valence-electron chi connectivity index (χ2n) is 5.68. The van der Waals surface area contributed by atoms with Crippen LogP contribution in [0.2, 0.25) is 0 Å². The average molecular weight is 286 g/mol. The molecular weight excluding hydrogens is 264 g/mol. The van der Waals surface area contributed by atoms with Gasteiger partial charge in [0.1, 0.15) is 0 Å². The van der Waals surface area contributed by atoms with Crippen LogP contribution in [0, 0.1) is 0 Å². The summed E-state index contributed by atoms with van der Waals surface area (Å²) >= 11 is 0. The fourth-order valence-electron chi connectivity index (χ4n) is 2.82. The fourth-order valence-corrected chi connectivity index (χ4v) is 2.82. The van der Waals surface area contributed by atoms with Gasteiger partial charge in [0.15, 0.2) is 5.82 Å². The standard InChI is InChI=1S/C16H22N4O/c1-2-3-8-15-18-16(21-19-15)11-20-10-13(17)9-12-6-4-5-7-14(12)20/h4-7,13H,2-3,8-11,17H2,1H3. The first-order valence-electron chi connectivity index (χ1n) is 7.66. The third-order valence-electron chi connectivity index (χ3n) is 3.86. The van der Waals surface area contributed by atoms with Crippen LogP contribution in [-0.2, 0) is 19.4 Å². The van der Waals surface area contributed by atoms with Crippen LogP contribution >= 0.6 is 0 Å². The van der Waals surface area contributed by atoms with Crippen LogP contribution in [0.4, 0.5) is 5.69 Å². The number of aryl methyl sites for hydroxylation is 1. The quantitative estimate of drug-likeness (QED) is 0.913. The van der Waals surface area contributed by atoms with E-state index in [0.717, 1.165) is 38.1 Å². The number of para-hydroxylation sites is 1. The van der Waals surface area contributed by atoms with Crippen molar-refractivity contribution in [1.29, 1.82) is 0 Å². The Hall–Kier alpha value is -1.88. The monoisotopic (exact) mass is 286 g/mol. The van der Waals surface area contributed by atoms with E-state index < -0.39 is 0 Å². The van der Waals surface area contributed by atoms with E-state index in [2.05, 4.69) is 46.2 Å². The molecular formula is C16H22N4O. The van der Waals surface area contributed by atoms with Crippen molar-refractivity contribution in [2.24, 2.45) is 5.73 Å². The van der Waals surface area contributed by atoms with Crippen molar-refractivity contribution in [2.75, 3.05) is 11.4 Å². The molecule has 0 bridgehead atoms. The summed E-state index contributed by atoms with van der Waals surface area (Å²) < 4.78 is 5.37. The van der Waals surface area contributed by atoms with E-state index in [-0.39, 0.29) is 6.04 Å². The van der Waals surface area contributed by atoms with Crippen molar-refractivity contribution >= 4 is 5.69 Å². The van der Waals surface area contributed by atoms with Gasteiger partial charge in [0.2, 0.25) is 5.89 Å². The van der Waals surface area contributed by atoms with Gasteiger partial charge in [-0.2, -0.15) is 4.98 Å². The Labute approximate surface area is 125 Å². The van der Waals surface area contributed by atoms with Crippen LogP contribution in [0.1, 0.15) is 37.0 Å². The number of benzene rings is 1. The average Bonchev–Trinajstić information content (AvgIpc) is 2.92. The number of hydrogen-bond donors (Lipinski definition) is 1. The molecule has 5 heteroatoms. The molecule has 1 aliphatic heterocycles. The third-order valence-corrected chi connectivity index (χ3v) is 3.86. The van der Waals surface area contributed by atoms with Crippen LogP contribution < -0.4 is 10.6 Å². The SMILES string of the molecule is CCCCc1noc(CN2CC(N)Cc3ccccc32)n1. The van der Waals surface area contributed by atoms with E-state index in [1.807, 2.05) is 0 Å². The van der Waals surface area contributed by atoms with Gasteiger partial charge in [-0.3, -0.25) is 0 Å². The highest BCUT2D eigenvalue weighted by Gasteiger charge is 2.23. The van der Waals surface area contributed by atoms with Crippen molar-refractivity contribution in [3.8, 4) is 0 Å². The van der Waals surface area contributed by atoms with E-state index in [4.69, 9.17) is 10.3 Å². The summed E-state index contributed by atoms with van der Waals surface area (Å²) in [7, 11) is 0. The van der Waals surface area contributed by atoms with E-state index in [9.17, 15) is 0 Å². The minimum absolute atomic E-state index is 0.155. The van der Waals surface area contributed by atoms with Crippen molar-refractivity contribution in [3.05, 3.63) is 41.5 Å². The predicted molar refractivity (Wildman–Crippen MR) is 82.1 cm³/mol. The molecule has 3 rings (SSSR count). The van der Waals surface area contributed by atoms with Crippen LogP contribution in [0.25, 0.3) is 0 Å². The van der Waals surface area contributed by atoms with Crippen molar-refractivity contribution < 1.29 is 4.52 Å². The largest absolute Gasteiger partial charge is 0.360 e. The normalized spacial score (nSPS) is 17.8. The predicted octanol–water partition coefficient (Wildman–Crippen LogP) is 2.30. The summed E-state index contributed by atoms with van der Waals surface area (Å²) in [5.41, 5.74) is 8.68. The Balaban J connectivity index is 1.74. The molecule has 1 aromatic heterocycles. The lowest BCUT2D eigenvalue weighted by Crippen LogP contribution is -2.42. The van der Waals surface area contributed by atoms with Crippen molar-refractivity contribution in [2.45, 2.75) is 45.2 Å². The van der Waals surface area contributed by atoms with Crippen LogP contribution in [0.3, 0.4) is 0 Å². The van der Waals surface area contributed by atoms with Gasteiger partial charge in [0.05, 0.1) is 6.54 Å². The van der Waals surface area contributed by atoms with Crippen LogP contribution in [0.5, 0.6) is 0 Å². The molecule has 0 saturated heterocycles. The highest BCUT2D eigenvalue weighted by Crippen LogP contribution is 2.27. The zero-order valence-electron chi connectivity index (χ0n) is 12.5. The molecule has 0 saturated carbocycles. The number of fused-ring (bicyclic) bond motifs is 1. The smallest absolute Gasteiger partial charge is 0.246 e. The Morgan fingerprint density at radius 2 is 2.24 bits per heavy atom. The molecule has 2 N–H and O–H groups in total. The van der Waals surface area contributed by atoms with Gasteiger partial charge >= 0.3 is 0 Å². The molecule has 0 aliphatic carbocycles. The maximum atomic E-state index is 6.16. The molecule has 112 valence electrons. The summed E-state index contributed by atoms with van der Waals surface area (Å²) in [6.07, 6.45) is 4.04. The summed E-state index contributed by atoms with van der Waals surface area (Å²) in [5, 5.41) is 4.05. The van der Waals surface area contributed by atoms with Gasteiger partial charge in [-0.25, -0.2) is 0 Å². The van der Waals surface area contributed by atoms with Gasteiger partial charge in [-0.05, 0) is 24.5 Å². The molecule has 1 aliphatic rings. The lowest BCUT2D eigenvalue weighted by molar-refractivity contribution is 0.368. The fraction of sp³-hybridized carbons (Fsp3) is 0.500. The molecule has 1 atom stereocenters. The van der Waals surface area contributed by atoms with Gasteiger partial charge < -0.3 is 15.2 Å². The van der Waals surface area contributed by atoms with E-state index in [0.29, 0.717) is 12.4 Å². The molecule has 0 amide bonds. The number of unbranched alkanes of at least 4 members (excludes halogenated alkanes) is 1. The number of rotatable bonds is 5. The molecule has 0 spiro atoms. The number of nitrogens with two attached hydrogens (primary N) is 1. The van der Waals surface area contributed by atoms with Gasteiger partial charge in [-0.1, -0.05) is 36.7 Å². The van der Waals surface area contributed by atoms with Crippen LogP contribution in [-0.4, -0.2) is 22.7 Å². The number of nitrogens with zero attached hydrogens (tertiary/aromatic N) is 3. The second-order valence-corrected chi connectivity index (χ2v) is 5.68. The number of anilines is 1. The second kappa shape index (κ2) is 6.26. The zero-order chi connectivity index (χ0) is 14.7. The van der Waals surface area contributed by atoms with E-state index in [1.54, 1.807) is 0 Å². The Morgan fingerprint density at radius 1 is 1.38 bits per heavy atom. The Morgan fingerprint density at radius 3 is 3.10 bits per heavy atom. The van der Waals surface area contributed by atoms with Gasteiger partial charge in [-0.15, -0.1) is 0 Å². The number of aromatic nitrogens is 2. The third kappa shape index (κ3) is 3.24. The maximum absolute atomic E-state index is 6.16. The molecule has 21 heavy (non-hydrogen) atoms.